The second-order valence-electron chi connectivity index (χ2n) is 9.63. The first-order chi connectivity index (χ1) is 19.4. The number of anilines is 2. The minimum atomic E-state index is -4.37. The smallest absolute Gasteiger partial charge is 0.329 e. The molecule has 1 amide bonds. The summed E-state index contributed by atoms with van der Waals surface area (Å²) < 4.78 is 43.1. The number of rotatable bonds is 7. The number of hydrogen-bond donors (Lipinski definition) is 1. The van der Waals surface area contributed by atoms with Crippen LogP contribution in [-0.2, 0) is 23.2 Å². The molecule has 0 aromatic carbocycles. The minimum absolute atomic E-state index is 0.00981. The number of thiazole rings is 1. The van der Waals surface area contributed by atoms with Crippen LogP contribution >= 0.6 is 11.3 Å². The van der Waals surface area contributed by atoms with Crippen molar-refractivity contribution in [3.05, 3.63) is 44.9 Å². The topological polar surface area (TPSA) is 150 Å². The molecule has 0 radical (unpaired) electrons. The minimum Gasteiger partial charge on any atom is -0.329 e. The van der Waals surface area contributed by atoms with E-state index in [1.54, 1.807) is 5.38 Å². The average Bonchev–Trinajstić information content (AvgIpc) is 3.69. The molecular formula is C24H24F3N9O4S. The van der Waals surface area contributed by atoms with Crippen molar-refractivity contribution < 1.29 is 22.8 Å². The van der Waals surface area contributed by atoms with Crippen LogP contribution in [0.4, 0.5) is 24.9 Å². The number of aromatic nitrogens is 7. The molecule has 0 saturated carbocycles. The number of hydrogen-bond acceptors (Lipinski definition) is 10. The third-order valence-electron chi connectivity index (χ3n) is 6.76. The summed E-state index contributed by atoms with van der Waals surface area (Å²) in [5, 5.41) is 4.67. The maximum atomic E-state index is 13.3. The van der Waals surface area contributed by atoms with Gasteiger partial charge in [0.1, 0.15) is 28.7 Å². The number of fused-ring (bicyclic) bond motifs is 1. The summed E-state index contributed by atoms with van der Waals surface area (Å²) in [6.45, 7) is 2.58. The summed E-state index contributed by atoms with van der Waals surface area (Å²) in [6, 6.07) is -2.57. The van der Waals surface area contributed by atoms with Crippen LogP contribution in [0.5, 0.6) is 0 Å². The first-order valence-electron chi connectivity index (χ1n) is 12.4. The number of halogens is 3. The van der Waals surface area contributed by atoms with E-state index < -0.39 is 42.0 Å². The van der Waals surface area contributed by atoms with E-state index in [0.29, 0.717) is 17.0 Å². The molecule has 17 heteroatoms. The number of ketones is 1. The number of nitrogens with zero attached hydrogens (tertiary/aromatic N) is 8. The largest absolute Gasteiger partial charge is 0.408 e. The molecule has 13 nitrogen and oxygen atoms in total. The fourth-order valence-electron chi connectivity index (χ4n) is 4.69. The monoisotopic (exact) mass is 591 g/mol. The van der Waals surface area contributed by atoms with Gasteiger partial charge in [0.05, 0.1) is 12.9 Å². The summed E-state index contributed by atoms with van der Waals surface area (Å²) in [5.41, 5.74) is -0.937. The molecule has 0 spiro atoms. The molecule has 4 aromatic heterocycles. The zero-order chi connectivity index (χ0) is 29.6. The predicted octanol–water partition coefficient (Wildman–Crippen LogP) is 2.13. The summed E-state index contributed by atoms with van der Waals surface area (Å²) in [7, 11) is 1.41. The Morgan fingerprint density at radius 2 is 1.90 bits per heavy atom. The molecule has 1 fully saturated rings. The highest BCUT2D eigenvalue weighted by molar-refractivity contribution is 7.13. The van der Waals surface area contributed by atoms with Gasteiger partial charge in [-0.2, -0.15) is 13.2 Å². The molecule has 1 aliphatic heterocycles. The van der Waals surface area contributed by atoms with Crippen molar-refractivity contribution in [1.29, 1.82) is 0 Å². The molecule has 1 aliphatic rings. The standard InChI is InChI=1S/C24H24F3N9O4S/c1-12(37)9-35-21(39)17-18(33(3)23(35)40)30-11-36(17)13(2)19(38)31-16-10-41-20(32-16)14-7-28-22(29-8-14)34-6-4-5-15(34)24(25,26)27/h7-8,10-11,13,15H,4-6,9H2,1-3H3,(H,31,38)/t13-,15?/m0/s1. The van der Waals surface area contributed by atoms with E-state index in [2.05, 4.69) is 25.3 Å². The lowest BCUT2D eigenvalue weighted by molar-refractivity contribution is -0.146. The van der Waals surface area contributed by atoms with Gasteiger partial charge < -0.3 is 14.8 Å². The van der Waals surface area contributed by atoms with Gasteiger partial charge in [0, 0.05) is 36.9 Å². The highest BCUT2D eigenvalue weighted by Crippen LogP contribution is 2.35. The molecule has 2 atom stereocenters. The van der Waals surface area contributed by atoms with E-state index in [0.717, 1.165) is 14.0 Å². The van der Waals surface area contributed by atoms with Crippen molar-refractivity contribution in [1.82, 2.24) is 33.6 Å². The van der Waals surface area contributed by atoms with Crippen molar-refractivity contribution >= 4 is 46.0 Å². The van der Waals surface area contributed by atoms with Crippen LogP contribution in [0.3, 0.4) is 0 Å². The van der Waals surface area contributed by atoms with E-state index in [1.165, 1.54) is 55.5 Å². The molecule has 4 aromatic rings. The Labute approximate surface area is 233 Å². The Morgan fingerprint density at radius 1 is 1.20 bits per heavy atom. The van der Waals surface area contributed by atoms with Gasteiger partial charge in [-0.3, -0.25) is 23.5 Å². The quantitative estimate of drug-likeness (QED) is 0.341. The molecule has 0 aliphatic carbocycles. The van der Waals surface area contributed by atoms with Crippen molar-refractivity contribution in [2.24, 2.45) is 7.05 Å². The van der Waals surface area contributed by atoms with Crippen LogP contribution in [0.25, 0.3) is 21.7 Å². The molecule has 5 heterocycles. The second kappa shape index (κ2) is 10.5. The lowest BCUT2D eigenvalue weighted by Crippen LogP contribution is -2.42. The Hall–Kier alpha value is -4.41. The number of carbonyl (C=O) groups excluding carboxylic acids is 2. The number of alkyl halides is 3. The number of aryl methyl sites for hydroxylation is 1. The van der Waals surface area contributed by atoms with E-state index in [9.17, 15) is 32.3 Å². The molecule has 41 heavy (non-hydrogen) atoms. The van der Waals surface area contributed by atoms with Gasteiger partial charge in [-0.05, 0) is 26.7 Å². The molecule has 1 unspecified atom stereocenters. The van der Waals surface area contributed by atoms with Gasteiger partial charge in [0.2, 0.25) is 11.9 Å². The zero-order valence-corrected chi connectivity index (χ0v) is 22.9. The van der Waals surface area contributed by atoms with Crippen molar-refractivity contribution in [3.8, 4) is 10.6 Å². The van der Waals surface area contributed by atoms with Gasteiger partial charge >= 0.3 is 11.9 Å². The van der Waals surface area contributed by atoms with Crippen LogP contribution in [0.1, 0.15) is 32.7 Å². The molecule has 5 rings (SSSR count). The molecule has 1 N–H and O–H groups in total. The van der Waals surface area contributed by atoms with Crippen LogP contribution in [-0.4, -0.2) is 64.1 Å². The highest BCUT2D eigenvalue weighted by atomic mass is 32.1. The maximum Gasteiger partial charge on any atom is 0.408 e. The van der Waals surface area contributed by atoms with Crippen molar-refractivity contribution in [3.63, 3.8) is 0 Å². The number of imidazole rings is 1. The normalized spacial score (nSPS) is 16.3. The Kier molecular flexibility index (Phi) is 7.23. The Morgan fingerprint density at radius 3 is 2.56 bits per heavy atom. The van der Waals surface area contributed by atoms with Crippen molar-refractivity contribution in [2.75, 3.05) is 16.8 Å². The van der Waals surface area contributed by atoms with Gasteiger partial charge in [-0.25, -0.2) is 24.7 Å². The van der Waals surface area contributed by atoms with Crippen LogP contribution in [0.15, 0.2) is 33.7 Å². The first kappa shape index (κ1) is 28.1. The first-order valence-corrected chi connectivity index (χ1v) is 13.3. The van der Waals surface area contributed by atoms with Crippen LogP contribution < -0.4 is 21.5 Å². The van der Waals surface area contributed by atoms with Crippen LogP contribution in [0, 0.1) is 0 Å². The SMILES string of the molecule is CC(=O)Cn1c(=O)c2c(ncn2[C@@H](C)C(=O)Nc2csc(-c3cnc(N4CCCC4C(F)(F)F)nc3)n2)n(C)c1=O. The summed E-state index contributed by atoms with van der Waals surface area (Å²) >= 11 is 1.17. The summed E-state index contributed by atoms with van der Waals surface area (Å²) in [4.78, 5) is 68.1. The number of nitrogens with one attached hydrogen (secondary N) is 1. The maximum absolute atomic E-state index is 13.3. The summed E-state index contributed by atoms with van der Waals surface area (Å²) in [6.07, 6.45) is 0.0464. The fourth-order valence-corrected chi connectivity index (χ4v) is 5.42. The number of amides is 1. The lowest BCUT2D eigenvalue weighted by atomic mass is 10.2. The summed E-state index contributed by atoms with van der Waals surface area (Å²) in [5.74, 6) is -0.735. The number of Topliss-reactive ketones (excluding diaryl/α,β-unsaturated/α-hetero) is 1. The molecule has 216 valence electrons. The number of carbonyl (C=O) groups is 2. The van der Waals surface area contributed by atoms with Crippen molar-refractivity contribution in [2.45, 2.75) is 51.5 Å². The predicted molar refractivity (Wildman–Crippen MR) is 143 cm³/mol. The third kappa shape index (κ3) is 5.23. The second-order valence-corrected chi connectivity index (χ2v) is 10.5. The Balaban J connectivity index is 1.34. The average molecular weight is 592 g/mol. The van der Waals surface area contributed by atoms with E-state index in [4.69, 9.17) is 0 Å². The third-order valence-corrected chi connectivity index (χ3v) is 7.65. The Bertz CT molecular complexity index is 1760. The molecule has 0 bridgehead atoms. The van der Waals surface area contributed by atoms with E-state index >= 15 is 0 Å². The lowest BCUT2D eigenvalue weighted by Gasteiger charge is -2.26. The fraction of sp³-hybridized carbons (Fsp3) is 0.417. The van der Waals surface area contributed by atoms with Crippen LogP contribution in [0.2, 0.25) is 0 Å². The molecular weight excluding hydrogens is 567 g/mol. The zero-order valence-electron chi connectivity index (χ0n) is 22.0. The van der Waals surface area contributed by atoms with Gasteiger partial charge in [-0.15, -0.1) is 11.3 Å². The van der Waals surface area contributed by atoms with Gasteiger partial charge in [0.25, 0.3) is 5.56 Å². The molecule has 1 saturated heterocycles. The highest BCUT2D eigenvalue weighted by Gasteiger charge is 2.46. The van der Waals surface area contributed by atoms with E-state index in [-0.39, 0.29) is 41.7 Å². The van der Waals surface area contributed by atoms with Gasteiger partial charge in [0.15, 0.2) is 11.2 Å². The van der Waals surface area contributed by atoms with E-state index in [1.807, 2.05) is 0 Å². The van der Waals surface area contributed by atoms with Gasteiger partial charge in [-0.1, -0.05) is 0 Å².